The summed E-state index contributed by atoms with van der Waals surface area (Å²) in [5, 5.41) is 2.55. The second kappa shape index (κ2) is 6.21. The molecule has 2 aromatic heterocycles. The van der Waals surface area contributed by atoms with Gasteiger partial charge in [0.25, 0.3) is 0 Å². The molecule has 0 saturated heterocycles. The fourth-order valence-corrected chi connectivity index (χ4v) is 4.34. The van der Waals surface area contributed by atoms with Crippen molar-refractivity contribution in [1.29, 1.82) is 0 Å². The fraction of sp³-hybridized carbons (Fsp3) is 0.167. The van der Waals surface area contributed by atoms with Gasteiger partial charge in [0.15, 0.2) is 10.9 Å². The molecule has 5 nitrogen and oxygen atoms in total. The number of aromatic amines is 2. The molecule has 29 heavy (non-hydrogen) atoms. The van der Waals surface area contributed by atoms with Crippen LogP contribution in [0.4, 0.5) is 5.69 Å². The third kappa shape index (κ3) is 2.40. The standard InChI is InChI=1S/C24H21N3O2/c1-4-13-20-18(26-22-15(24(20)29)9-7-11-19(22)27(2)3)12-16-21(13)25-17-10-6-5-8-14(17)23(16)28/h5-12H,4H2,1-3H3,(H,25,28)(H,26,29). The Labute approximate surface area is 166 Å². The molecule has 0 aliphatic rings. The van der Waals surface area contributed by atoms with E-state index in [0.29, 0.717) is 33.5 Å². The number of pyridine rings is 2. The highest BCUT2D eigenvalue weighted by atomic mass is 16.1. The first-order valence-corrected chi connectivity index (χ1v) is 9.74. The van der Waals surface area contributed by atoms with Crippen molar-refractivity contribution in [2.75, 3.05) is 19.0 Å². The maximum Gasteiger partial charge on any atom is 0.197 e. The van der Waals surface area contributed by atoms with Crippen LogP contribution in [0.1, 0.15) is 12.5 Å². The Hall–Kier alpha value is -3.60. The zero-order chi connectivity index (χ0) is 20.3. The van der Waals surface area contributed by atoms with E-state index in [9.17, 15) is 9.59 Å². The minimum absolute atomic E-state index is 0.00907. The molecular weight excluding hydrogens is 362 g/mol. The summed E-state index contributed by atoms with van der Waals surface area (Å²) in [5.41, 5.74) is 4.79. The Morgan fingerprint density at radius 2 is 1.52 bits per heavy atom. The summed E-state index contributed by atoms with van der Waals surface area (Å²) in [5.74, 6) is 0. The monoisotopic (exact) mass is 383 g/mol. The molecule has 0 fully saturated rings. The predicted octanol–water partition coefficient (Wildman–Crippen LogP) is 4.30. The van der Waals surface area contributed by atoms with Crippen molar-refractivity contribution in [2.45, 2.75) is 13.3 Å². The Kier molecular flexibility index (Phi) is 3.74. The first kappa shape index (κ1) is 17.5. The highest BCUT2D eigenvalue weighted by Gasteiger charge is 2.17. The average Bonchev–Trinajstić information content (AvgIpc) is 2.72. The number of rotatable bonds is 2. The second-order valence-corrected chi connectivity index (χ2v) is 7.60. The molecule has 2 heterocycles. The molecule has 0 aliphatic carbocycles. The maximum absolute atomic E-state index is 13.5. The highest BCUT2D eigenvalue weighted by Crippen LogP contribution is 2.29. The normalized spacial score (nSPS) is 11.7. The van der Waals surface area contributed by atoms with E-state index in [1.807, 2.05) is 74.4 Å². The lowest BCUT2D eigenvalue weighted by Crippen LogP contribution is -2.14. The maximum atomic E-state index is 13.5. The fourth-order valence-electron chi connectivity index (χ4n) is 4.34. The summed E-state index contributed by atoms with van der Waals surface area (Å²) in [6.07, 6.45) is 0.643. The first-order chi connectivity index (χ1) is 14.0. The van der Waals surface area contributed by atoms with Gasteiger partial charge in [0.2, 0.25) is 0 Å². The summed E-state index contributed by atoms with van der Waals surface area (Å²) in [6, 6.07) is 15.1. The molecule has 0 bridgehead atoms. The van der Waals surface area contributed by atoms with Crippen LogP contribution in [0.25, 0.3) is 43.6 Å². The van der Waals surface area contributed by atoms with Crippen molar-refractivity contribution in [3.8, 4) is 0 Å². The van der Waals surface area contributed by atoms with Gasteiger partial charge in [0.1, 0.15) is 0 Å². The molecule has 0 spiro atoms. The van der Waals surface area contributed by atoms with E-state index in [1.165, 1.54) is 0 Å². The third-order valence-corrected chi connectivity index (χ3v) is 5.72. The van der Waals surface area contributed by atoms with Crippen LogP contribution in [0.15, 0.2) is 58.1 Å². The van der Waals surface area contributed by atoms with Crippen LogP contribution < -0.4 is 15.8 Å². The Morgan fingerprint density at radius 3 is 2.28 bits per heavy atom. The highest BCUT2D eigenvalue weighted by molar-refractivity contribution is 6.07. The molecule has 144 valence electrons. The zero-order valence-electron chi connectivity index (χ0n) is 16.6. The Balaban J connectivity index is 2.07. The zero-order valence-corrected chi connectivity index (χ0v) is 16.6. The van der Waals surface area contributed by atoms with Gasteiger partial charge in [-0.15, -0.1) is 0 Å². The predicted molar refractivity (Wildman–Crippen MR) is 121 cm³/mol. The first-order valence-electron chi connectivity index (χ1n) is 9.74. The number of benzene rings is 3. The Morgan fingerprint density at radius 1 is 0.793 bits per heavy atom. The molecule has 0 atom stereocenters. The van der Waals surface area contributed by atoms with Crippen LogP contribution >= 0.6 is 0 Å². The van der Waals surface area contributed by atoms with Crippen LogP contribution in [0.3, 0.4) is 0 Å². The van der Waals surface area contributed by atoms with E-state index in [1.54, 1.807) is 0 Å². The van der Waals surface area contributed by atoms with Gasteiger partial charge >= 0.3 is 0 Å². The number of para-hydroxylation sites is 2. The lowest BCUT2D eigenvalue weighted by Gasteiger charge is -2.17. The molecule has 0 aliphatic heterocycles. The summed E-state index contributed by atoms with van der Waals surface area (Å²) < 4.78 is 0. The lowest BCUT2D eigenvalue weighted by molar-refractivity contribution is 1.13. The molecule has 3 aromatic carbocycles. The van der Waals surface area contributed by atoms with Crippen LogP contribution in [0, 0.1) is 0 Å². The largest absolute Gasteiger partial charge is 0.376 e. The summed E-state index contributed by atoms with van der Waals surface area (Å²) in [7, 11) is 3.90. The topological polar surface area (TPSA) is 69.0 Å². The number of aryl methyl sites for hydroxylation is 1. The smallest absolute Gasteiger partial charge is 0.197 e. The lowest BCUT2D eigenvalue weighted by atomic mass is 9.98. The number of H-pyrrole nitrogens is 2. The van der Waals surface area contributed by atoms with Gasteiger partial charge in [-0.3, -0.25) is 9.59 Å². The van der Waals surface area contributed by atoms with E-state index in [4.69, 9.17) is 0 Å². The van der Waals surface area contributed by atoms with Gasteiger partial charge in [-0.25, -0.2) is 0 Å². The van der Waals surface area contributed by atoms with Gasteiger partial charge in [0, 0.05) is 35.8 Å². The molecule has 0 unspecified atom stereocenters. The average molecular weight is 383 g/mol. The quantitative estimate of drug-likeness (QED) is 0.447. The van der Waals surface area contributed by atoms with Crippen molar-refractivity contribution in [2.24, 2.45) is 0 Å². The summed E-state index contributed by atoms with van der Waals surface area (Å²) in [6.45, 7) is 2.02. The molecule has 0 saturated carbocycles. The minimum Gasteiger partial charge on any atom is -0.376 e. The minimum atomic E-state index is -0.0206. The number of anilines is 1. The van der Waals surface area contributed by atoms with E-state index in [0.717, 1.165) is 27.8 Å². The van der Waals surface area contributed by atoms with E-state index < -0.39 is 0 Å². The van der Waals surface area contributed by atoms with Crippen molar-refractivity contribution in [3.05, 3.63) is 74.5 Å². The molecule has 5 rings (SSSR count). The van der Waals surface area contributed by atoms with E-state index in [-0.39, 0.29) is 10.9 Å². The summed E-state index contributed by atoms with van der Waals surface area (Å²) in [4.78, 5) is 35.5. The van der Waals surface area contributed by atoms with Crippen molar-refractivity contribution in [1.82, 2.24) is 9.97 Å². The number of nitrogens with one attached hydrogen (secondary N) is 2. The number of fused-ring (bicyclic) bond motifs is 4. The molecule has 0 amide bonds. The number of hydrogen-bond acceptors (Lipinski definition) is 3. The van der Waals surface area contributed by atoms with Crippen LogP contribution in [-0.2, 0) is 6.42 Å². The molecule has 0 radical (unpaired) electrons. The van der Waals surface area contributed by atoms with Crippen LogP contribution in [0.2, 0.25) is 0 Å². The van der Waals surface area contributed by atoms with Gasteiger partial charge in [-0.1, -0.05) is 25.1 Å². The van der Waals surface area contributed by atoms with Crippen LogP contribution in [-0.4, -0.2) is 24.1 Å². The Bertz CT molecular complexity index is 1560. The number of hydrogen-bond donors (Lipinski definition) is 2. The van der Waals surface area contributed by atoms with Gasteiger partial charge in [0.05, 0.1) is 27.6 Å². The van der Waals surface area contributed by atoms with Gasteiger partial charge < -0.3 is 14.9 Å². The summed E-state index contributed by atoms with van der Waals surface area (Å²) >= 11 is 0. The van der Waals surface area contributed by atoms with E-state index in [2.05, 4.69) is 9.97 Å². The van der Waals surface area contributed by atoms with Gasteiger partial charge in [-0.05, 0) is 42.3 Å². The second-order valence-electron chi connectivity index (χ2n) is 7.60. The third-order valence-electron chi connectivity index (χ3n) is 5.72. The van der Waals surface area contributed by atoms with E-state index >= 15 is 0 Å². The molecule has 2 N–H and O–H groups in total. The van der Waals surface area contributed by atoms with Gasteiger partial charge in [-0.2, -0.15) is 0 Å². The SMILES string of the molecule is CCc1c2[nH]c3ccccc3c(=O)c2cc2[nH]c3c(N(C)C)cccc3c(=O)c12. The van der Waals surface area contributed by atoms with Crippen LogP contribution in [0.5, 0.6) is 0 Å². The number of nitrogens with zero attached hydrogens (tertiary/aromatic N) is 1. The van der Waals surface area contributed by atoms with Crippen molar-refractivity contribution >= 4 is 49.3 Å². The van der Waals surface area contributed by atoms with Crippen molar-refractivity contribution < 1.29 is 0 Å². The number of aromatic nitrogens is 2. The molecule has 5 aromatic rings. The molecule has 5 heteroatoms. The van der Waals surface area contributed by atoms with Crippen molar-refractivity contribution in [3.63, 3.8) is 0 Å². The molecular formula is C24H21N3O2.